The van der Waals surface area contributed by atoms with Gasteiger partial charge in [0.05, 0.1) is 5.41 Å². The Morgan fingerprint density at radius 3 is 2.76 bits per heavy atom. The second-order valence-corrected chi connectivity index (χ2v) is 7.27. The SMILES string of the molecule is O=C(NCc1cccnc1)C1(Cc2cc(-c3ccccc3F)no2)CCOCC1. The van der Waals surface area contributed by atoms with E-state index in [-0.39, 0.29) is 11.7 Å². The van der Waals surface area contributed by atoms with Crippen LogP contribution in [0.4, 0.5) is 4.39 Å². The van der Waals surface area contributed by atoms with Crippen molar-refractivity contribution in [3.05, 3.63) is 72.0 Å². The third-order valence-electron chi connectivity index (χ3n) is 5.33. The Hall–Kier alpha value is -3.06. The van der Waals surface area contributed by atoms with Gasteiger partial charge in [-0.25, -0.2) is 4.39 Å². The molecule has 3 heterocycles. The zero-order valence-electron chi connectivity index (χ0n) is 15.9. The van der Waals surface area contributed by atoms with Gasteiger partial charge in [0.25, 0.3) is 0 Å². The number of aromatic nitrogens is 2. The fraction of sp³-hybridized carbons (Fsp3) is 0.318. The van der Waals surface area contributed by atoms with Crippen LogP contribution in [0.3, 0.4) is 0 Å². The fourth-order valence-corrected chi connectivity index (χ4v) is 3.64. The molecule has 1 aromatic carbocycles. The van der Waals surface area contributed by atoms with Gasteiger partial charge in [0.15, 0.2) is 0 Å². The van der Waals surface area contributed by atoms with Crippen LogP contribution in [-0.2, 0) is 22.5 Å². The Morgan fingerprint density at radius 2 is 2.00 bits per heavy atom. The summed E-state index contributed by atoms with van der Waals surface area (Å²) >= 11 is 0. The summed E-state index contributed by atoms with van der Waals surface area (Å²) in [5.41, 5.74) is 1.09. The molecule has 6 nitrogen and oxygen atoms in total. The lowest BCUT2D eigenvalue weighted by atomic mass is 9.75. The molecule has 0 saturated carbocycles. The van der Waals surface area contributed by atoms with Crippen LogP contribution in [0.2, 0.25) is 0 Å². The van der Waals surface area contributed by atoms with Crippen LogP contribution in [0.15, 0.2) is 59.4 Å². The molecule has 0 spiro atoms. The van der Waals surface area contributed by atoms with Crippen LogP contribution in [0.25, 0.3) is 11.3 Å². The molecular weight excluding hydrogens is 373 g/mol. The second-order valence-electron chi connectivity index (χ2n) is 7.27. The molecule has 0 aliphatic carbocycles. The number of nitrogens with one attached hydrogen (secondary N) is 1. The third kappa shape index (κ3) is 4.35. The number of nitrogens with zero attached hydrogens (tertiary/aromatic N) is 2. The minimum atomic E-state index is -0.646. The van der Waals surface area contributed by atoms with Crippen molar-refractivity contribution >= 4 is 5.91 Å². The largest absolute Gasteiger partial charge is 0.381 e. The zero-order chi connectivity index (χ0) is 20.1. The Kier molecular flexibility index (Phi) is 5.67. The molecule has 3 aromatic rings. The molecule has 0 radical (unpaired) electrons. The van der Waals surface area contributed by atoms with E-state index in [4.69, 9.17) is 9.26 Å². The van der Waals surface area contributed by atoms with Gasteiger partial charge >= 0.3 is 0 Å². The Labute approximate surface area is 168 Å². The van der Waals surface area contributed by atoms with Gasteiger partial charge in [0, 0.05) is 50.2 Å². The van der Waals surface area contributed by atoms with Gasteiger partial charge in [-0.2, -0.15) is 0 Å². The number of pyridine rings is 1. The van der Waals surface area contributed by atoms with Crippen molar-refractivity contribution in [2.75, 3.05) is 13.2 Å². The van der Waals surface area contributed by atoms with E-state index in [1.54, 1.807) is 36.7 Å². The molecule has 1 saturated heterocycles. The molecule has 150 valence electrons. The molecule has 0 unspecified atom stereocenters. The van der Waals surface area contributed by atoms with E-state index in [9.17, 15) is 9.18 Å². The van der Waals surface area contributed by atoms with E-state index in [0.717, 1.165) is 5.56 Å². The molecular formula is C22H22FN3O3. The van der Waals surface area contributed by atoms with Crippen LogP contribution in [0.5, 0.6) is 0 Å². The molecule has 2 aromatic heterocycles. The lowest BCUT2D eigenvalue weighted by molar-refractivity contribution is -0.137. The van der Waals surface area contributed by atoms with Crippen LogP contribution < -0.4 is 5.32 Å². The number of halogens is 1. The van der Waals surface area contributed by atoms with Crippen molar-refractivity contribution in [1.82, 2.24) is 15.5 Å². The van der Waals surface area contributed by atoms with E-state index in [1.165, 1.54) is 6.07 Å². The lowest BCUT2D eigenvalue weighted by Crippen LogP contribution is -2.45. The average Bonchev–Trinajstić information content (AvgIpc) is 3.21. The van der Waals surface area contributed by atoms with Crippen LogP contribution in [-0.4, -0.2) is 29.3 Å². The third-order valence-corrected chi connectivity index (χ3v) is 5.33. The van der Waals surface area contributed by atoms with Crippen molar-refractivity contribution in [3.63, 3.8) is 0 Å². The van der Waals surface area contributed by atoms with Crippen LogP contribution in [0.1, 0.15) is 24.2 Å². The summed E-state index contributed by atoms with van der Waals surface area (Å²) in [6.07, 6.45) is 4.98. The Balaban J connectivity index is 1.51. The first-order valence-corrected chi connectivity index (χ1v) is 9.62. The number of ether oxygens (including phenoxy) is 1. The normalized spacial score (nSPS) is 15.8. The maximum Gasteiger partial charge on any atom is 0.227 e. The monoisotopic (exact) mass is 395 g/mol. The number of hydrogen-bond donors (Lipinski definition) is 1. The smallest absolute Gasteiger partial charge is 0.227 e. The molecule has 0 atom stereocenters. The van der Waals surface area contributed by atoms with Gasteiger partial charge in [0.2, 0.25) is 5.91 Å². The molecule has 1 aliphatic heterocycles. The molecule has 1 fully saturated rings. The predicted octanol–water partition coefficient (Wildman–Crippen LogP) is 3.53. The van der Waals surface area contributed by atoms with Gasteiger partial charge in [-0.1, -0.05) is 23.4 Å². The average molecular weight is 395 g/mol. The summed E-state index contributed by atoms with van der Waals surface area (Å²) in [5, 5.41) is 7.03. The second kappa shape index (κ2) is 8.53. The number of carbonyl (C=O) groups is 1. The van der Waals surface area contributed by atoms with Gasteiger partial charge < -0.3 is 14.6 Å². The number of carbonyl (C=O) groups excluding carboxylic acids is 1. The van der Waals surface area contributed by atoms with Gasteiger partial charge in [-0.15, -0.1) is 0 Å². The van der Waals surface area contributed by atoms with Crippen LogP contribution in [0, 0.1) is 11.2 Å². The maximum absolute atomic E-state index is 14.0. The maximum atomic E-state index is 14.0. The first-order valence-electron chi connectivity index (χ1n) is 9.62. The highest BCUT2D eigenvalue weighted by Crippen LogP contribution is 2.36. The van der Waals surface area contributed by atoms with E-state index in [1.807, 2.05) is 12.1 Å². The van der Waals surface area contributed by atoms with E-state index in [0.29, 0.717) is 56.0 Å². The van der Waals surface area contributed by atoms with Gasteiger partial charge in [-0.05, 0) is 36.6 Å². The van der Waals surface area contributed by atoms with Crippen molar-refractivity contribution < 1.29 is 18.4 Å². The number of rotatable bonds is 6. The van der Waals surface area contributed by atoms with E-state index in [2.05, 4.69) is 15.5 Å². The van der Waals surface area contributed by atoms with Crippen LogP contribution >= 0.6 is 0 Å². The Bertz CT molecular complexity index is 968. The van der Waals surface area contributed by atoms with Crippen molar-refractivity contribution in [1.29, 1.82) is 0 Å². The molecule has 0 bridgehead atoms. The minimum Gasteiger partial charge on any atom is -0.381 e. The zero-order valence-corrected chi connectivity index (χ0v) is 15.9. The molecule has 1 N–H and O–H groups in total. The topological polar surface area (TPSA) is 77.3 Å². The van der Waals surface area contributed by atoms with Crippen molar-refractivity contribution in [2.45, 2.75) is 25.8 Å². The molecule has 4 rings (SSSR count). The summed E-state index contributed by atoms with van der Waals surface area (Å²) in [6.45, 7) is 1.43. The molecule has 29 heavy (non-hydrogen) atoms. The van der Waals surface area contributed by atoms with E-state index < -0.39 is 5.41 Å². The first-order chi connectivity index (χ1) is 14.2. The molecule has 1 amide bonds. The highest BCUT2D eigenvalue weighted by molar-refractivity contribution is 5.83. The Morgan fingerprint density at radius 1 is 1.17 bits per heavy atom. The van der Waals surface area contributed by atoms with Gasteiger partial charge in [0.1, 0.15) is 17.3 Å². The quantitative estimate of drug-likeness (QED) is 0.691. The standard InChI is InChI=1S/C22H22FN3O3/c23-19-6-2-1-5-18(19)20-12-17(29-26-20)13-22(7-10-28-11-8-22)21(27)25-15-16-4-3-9-24-14-16/h1-6,9,12,14H,7-8,10-11,13,15H2,(H,25,27). The fourth-order valence-electron chi connectivity index (χ4n) is 3.64. The predicted molar refractivity (Wildman–Crippen MR) is 104 cm³/mol. The summed E-state index contributed by atoms with van der Waals surface area (Å²) in [4.78, 5) is 17.2. The summed E-state index contributed by atoms with van der Waals surface area (Å²) in [6, 6.07) is 11.9. The lowest BCUT2D eigenvalue weighted by Gasteiger charge is -2.35. The number of amides is 1. The number of benzene rings is 1. The van der Waals surface area contributed by atoms with Crippen molar-refractivity contribution in [3.8, 4) is 11.3 Å². The molecule has 1 aliphatic rings. The van der Waals surface area contributed by atoms with Gasteiger partial charge in [-0.3, -0.25) is 9.78 Å². The number of hydrogen-bond acceptors (Lipinski definition) is 5. The molecule has 7 heteroatoms. The van der Waals surface area contributed by atoms with E-state index >= 15 is 0 Å². The minimum absolute atomic E-state index is 0.0477. The highest BCUT2D eigenvalue weighted by atomic mass is 19.1. The first kappa shape index (κ1) is 19.3. The summed E-state index contributed by atoms with van der Waals surface area (Å²) in [7, 11) is 0. The summed E-state index contributed by atoms with van der Waals surface area (Å²) in [5.74, 6) is 0.150. The summed E-state index contributed by atoms with van der Waals surface area (Å²) < 4.78 is 25.0. The highest BCUT2D eigenvalue weighted by Gasteiger charge is 2.41. The van der Waals surface area contributed by atoms with Crippen molar-refractivity contribution in [2.24, 2.45) is 5.41 Å².